The Balaban J connectivity index is 1.17. The van der Waals surface area contributed by atoms with Gasteiger partial charge in [0.15, 0.2) is 0 Å². The molecule has 0 aliphatic rings. The molecule has 0 atom stereocenters. The number of benzene rings is 4. The van der Waals surface area contributed by atoms with Crippen molar-refractivity contribution in [1.82, 2.24) is 23.9 Å². The summed E-state index contributed by atoms with van der Waals surface area (Å²) < 4.78 is 10.8. The van der Waals surface area contributed by atoms with Gasteiger partial charge in [-0.05, 0) is 91.0 Å². The number of fused-ring (bicyclic) bond motifs is 9. The lowest BCUT2D eigenvalue weighted by molar-refractivity contribution is 0.484. The first-order valence-electron chi connectivity index (χ1n) is 15.0. The van der Waals surface area contributed by atoms with Crippen molar-refractivity contribution in [3.63, 3.8) is 0 Å². The van der Waals surface area contributed by atoms with Crippen LogP contribution in [0.2, 0.25) is 0 Å². The van der Waals surface area contributed by atoms with Crippen molar-refractivity contribution in [2.75, 3.05) is 0 Å². The molecule has 45 heavy (non-hydrogen) atoms. The monoisotopic (exact) mass is 581 g/mol. The lowest BCUT2D eigenvalue weighted by Gasteiger charge is -2.13. The Kier molecular flexibility index (Phi) is 5.53. The molecule has 0 aliphatic heterocycles. The summed E-state index contributed by atoms with van der Waals surface area (Å²) in [5, 5.41) is 5.50. The van der Waals surface area contributed by atoms with Gasteiger partial charge in [-0.15, -0.1) is 0 Å². The van der Waals surface area contributed by atoms with Gasteiger partial charge in [0.1, 0.15) is 28.6 Å². The van der Waals surface area contributed by atoms with Gasteiger partial charge in [0, 0.05) is 51.8 Å². The fourth-order valence-electron chi connectivity index (χ4n) is 6.76. The van der Waals surface area contributed by atoms with E-state index < -0.39 is 0 Å². The number of ether oxygens (including phenoxy) is 1. The lowest BCUT2D eigenvalue weighted by atomic mass is 9.99. The minimum Gasteiger partial charge on any atom is -0.457 e. The van der Waals surface area contributed by atoms with E-state index in [9.17, 15) is 0 Å². The molecule has 0 saturated heterocycles. The molecule has 0 radical (unpaired) electrons. The Labute approximate surface area is 258 Å². The fourth-order valence-corrected chi connectivity index (χ4v) is 6.76. The smallest absolute Gasteiger partial charge is 0.146 e. The molecule has 0 N–H and O–H groups in total. The molecule has 9 rings (SSSR count). The minimum atomic E-state index is 0.742. The molecule has 0 fully saturated rings. The van der Waals surface area contributed by atoms with E-state index in [0.29, 0.717) is 0 Å². The number of pyridine rings is 3. The van der Waals surface area contributed by atoms with Gasteiger partial charge in [0.2, 0.25) is 0 Å². The number of hydrogen-bond acceptors (Lipinski definition) is 4. The standard InChI is InChI=1S/C39H27N5O/c1-24-8-7-9-25(2)37(24)33-18-17-31-28-15-13-26(22-32(28)38-41-20-21-43(38)39(31)42-33)45-27-14-16-30-29-10-3-4-11-34(29)44(35(30)23-27)36-12-5-6-19-40-36/h3-23H,1-2H3. The van der Waals surface area contributed by atoms with Crippen molar-refractivity contribution in [2.24, 2.45) is 0 Å². The van der Waals surface area contributed by atoms with Crippen LogP contribution in [0, 0.1) is 13.8 Å². The summed E-state index contributed by atoms with van der Waals surface area (Å²) in [5.74, 6) is 2.36. The Morgan fingerprint density at radius 2 is 1.31 bits per heavy atom. The van der Waals surface area contributed by atoms with E-state index in [1.807, 2.05) is 48.9 Å². The van der Waals surface area contributed by atoms with Gasteiger partial charge in [-0.1, -0.05) is 42.5 Å². The van der Waals surface area contributed by atoms with E-state index in [0.717, 1.165) is 66.9 Å². The van der Waals surface area contributed by atoms with Gasteiger partial charge in [0.25, 0.3) is 0 Å². The van der Waals surface area contributed by atoms with Crippen LogP contribution in [0.5, 0.6) is 11.5 Å². The fraction of sp³-hybridized carbons (Fsp3) is 0.0513. The first kappa shape index (κ1) is 25.5. The average Bonchev–Trinajstić information content (AvgIpc) is 3.69. The molecule has 5 heterocycles. The Hall–Kier alpha value is -6.01. The van der Waals surface area contributed by atoms with Crippen LogP contribution in [-0.4, -0.2) is 23.9 Å². The van der Waals surface area contributed by atoms with Crippen LogP contribution < -0.4 is 4.74 Å². The van der Waals surface area contributed by atoms with E-state index in [1.165, 1.54) is 22.1 Å². The van der Waals surface area contributed by atoms with E-state index in [2.05, 4.69) is 107 Å². The molecule has 214 valence electrons. The van der Waals surface area contributed by atoms with Crippen LogP contribution in [0.3, 0.4) is 0 Å². The summed E-state index contributed by atoms with van der Waals surface area (Å²) in [6.07, 6.45) is 5.64. The third-order valence-electron chi connectivity index (χ3n) is 8.76. The summed E-state index contributed by atoms with van der Waals surface area (Å²) >= 11 is 0. The van der Waals surface area contributed by atoms with Crippen molar-refractivity contribution < 1.29 is 4.74 Å². The molecule has 0 aliphatic carbocycles. The zero-order valence-corrected chi connectivity index (χ0v) is 24.8. The third-order valence-corrected chi connectivity index (χ3v) is 8.76. The van der Waals surface area contributed by atoms with Crippen molar-refractivity contribution in [3.8, 4) is 28.6 Å². The van der Waals surface area contributed by atoms with Crippen molar-refractivity contribution in [2.45, 2.75) is 13.8 Å². The summed E-state index contributed by atoms with van der Waals surface area (Å²) in [6, 6.07) is 37.6. The largest absolute Gasteiger partial charge is 0.457 e. The van der Waals surface area contributed by atoms with Gasteiger partial charge in [0.05, 0.1) is 16.7 Å². The summed E-state index contributed by atoms with van der Waals surface area (Å²) in [7, 11) is 0. The quantitative estimate of drug-likeness (QED) is 0.194. The van der Waals surface area contributed by atoms with Crippen molar-refractivity contribution in [1.29, 1.82) is 0 Å². The van der Waals surface area contributed by atoms with Crippen LogP contribution >= 0.6 is 0 Å². The van der Waals surface area contributed by atoms with Crippen molar-refractivity contribution in [3.05, 3.63) is 139 Å². The maximum absolute atomic E-state index is 6.54. The summed E-state index contributed by atoms with van der Waals surface area (Å²) in [6.45, 7) is 4.28. The number of para-hydroxylation sites is 1. The topological polar surface area (TPSA) is 57.2 Å². The second kappa shape index (κ2) is 9.76. The zero-order valence-electron chi connectivity index (χ0n) is 24.8. The van der Waals surface area contributed by atoms with Gasteiger partial charge in [-0.3, -0.25) is 8.97 Å². The molecule has 6 nitrogen and oxygen atoms in total. The van der Waals surface area contributed by atoms with Gasteiger partial charge in [-0.2, -0.15) is 0 Å². The highest BCUT2D eigenvalue weighted by atomic mass is 16.5. The van der Waals surface area contributed by atoms with E-state index in [1.54, 1.807) is 0 Å². The molecular formula is C39H27N5O. The van der Waals surface area contributed by atoms with Gasteiger partial charge in [-0.25, -0.2) is 15.0 Å². The Bertz CT molecular complexity index is 2580. The molecule has 0 spiro atoms. The van der Waals surface area contributed by atoms with Gasteiger partial charge >= 0.3 is 0 Å². The Morgan fingerprint density at radius 3 is 2.16 bits per heavy atom. The molecule has 6 heteroatoms. The van der Waals surface area contributed by atoms with Crippen LogP contribution in [0.25, 0.3) is 66.3 Å². The molecule has 9 aromatic rings. The van der Waals surface area contributed by atoms with E-state index >= 15 is 0 Å². The predicted molar refractivity (Wildman–Crippen MR) is 182 cm³/mol. The summed E-state index contributed by atoms with van der Waals surface area (Å²) in [5.41, 5.74) is 8.45. The highest BCUT2D eigenvalue weighted by Gasteiger charge is 2.16. The highest BCUT2D eigenvalue weighted by molar-refractivity contribution is 6.12. The molecular weight excluding hydrogens is 554 g/mol. The number of aromatic nitrogens is 5. The first-order chi connectivity index (χ1) is 22.1. The number of aryl methyl sites for hydroxylation is 2. The number of hydrogen-bond donors (Lipinski definition) is 0. The molecule has 0 saturated carbocycles. The maximum Gasteiger partial charge on any atom is 0.146 e. The second-order valence-electron chi connectivity index (χ2n) is 11.5. The number of rotatable bonds is 4. The molecule has 0 unspecified atom stereocenters. The summed E-state index contributed by atoms with van der Waals surface area (Å²) in [4.78, 5) is 14.6. The van der Waals surface area contributed by atoms with Crippen molar-refractivity contribution >= 4 is 49.3 Å². The minimum absolute atomic E-state index is 0.742. The zero-order chi connectivity index (χ0) is 30.1. The average molecular weight is 582 g/mol. The number of nitrogens with zero attached hydrogens (tertiary/aromatic N) is 5. The molecule has 0 bridgehead atoms. The molecule has 4 aromatic carbocycles. The maximum atomic E-state index is 6.54. The normalized spacial score (nSPS) is 11.8. The first-order valence-corrected chi connectivity index (χ1v) is 15.0. The van der Waals surface area contributed by atoms with Crippen LogP contribution in [0.1, 0.15) is 11.1 Å². The van der Waals surface area contributed by atoms with Crippen LogP contribution in [0.4, 0.5) is 0 Å². The molecule has 0 amide bonds. The van der Waals surface area contributed by atoms with Crippen LogP contribution in [-0.2, 0) is 0 Å². The second-order valence-corrected chi connectivity index (χ2v) is 11.5. The van der Waals surface area contributed by atoms with Gasteiger partial charge < -0.3 is 4.74 Å². The third kappa shape index (κ3) is 3.92. The lowest BCUT2D eigenvalue weighted by Crippen LogP contribution is -1.97. The van der Waals surface area contributed by atoms with Crippen LogP contribution in [0.15, 0.2) is 128 Å². The van der Waals surface area contributed by atoms with E-state index in [-0.39, 0.29) is 0 Å². The Morgan fingerprint density at radius 1 is 0.556 bits per heavy atom. The van der Waals surface area contributed by atoms with E-state index in [4.69, 9.17) is 14.7 Å². The number of imidazole rings is 1. The highest BCUT2D eigenvalue weighted by Crippen LogP contribution is 2.37. The predicted octanol–water partition coefficient (Wildman–Crippen LogP) is 9.60. The molecule has 5 aromatic heterocycles. The SMILES string of the molecule is Cc1cccc(C)c1-c1ccc2c3ccc(Oc4ccc5c6ccccc6n(-c6ccccn6)c5c4)cc3c3nccn3c2n1.